The van der Waals surface area contributed by atoms with Crippen LogP contribution in [0.3, 0.4) is 0 Å². The molecule has 0 aromatic rings. The van der Waals surface area contributed by atoms with Crippen LogP contribution >= 0.6 is 0 Å². The Hall–Kier alpha value is -0.290. The van der Waals surface area contributed by atoms with Crippen LogP contribution in [0, 0.1) is 5.92 Å². The van der Waals surface area contributed by atoms with Gasteiger partial charge >= 0.3 is 6.18 Å². The Kier molecular flexibility index (Phi) is 3.42. The molecule has 1 aliphatic heterocycles. The molecule has 0 aromatic carbocycles. The van der Waals surface area contributed by atoms with Crippen molar-refractivity contribution in [3.05, 3.63) is 0 Å². The minimum atomic E-state index is -4.05. The van der Waals surface area contributed by atoms with E-state index < -0.39 is 12.6 Å². The molecule has 1 aliphatic rings. The first kappa shape index (κ1) is 11.8. The topological polar surface area (TPSA) is 29.3 Å². The molecule has 0 aliphatic carbocycles. The molecule has 1 heterocycles. The minimum Gasteiger partial charge on any atom is -0.329 e. The predicted molar refractivity (Wildman–Crippen MR) is 48.8 cm³/mol. The molecule has 0 amide bonds. The maximum atomic E-state index is 12.2. The van der Waals surface area contributed by atoms with Gasteiger partial charge in [0.15, 0.2) is 0 Å². The van der Waals surface area contributed by atoms with E-state index in [1.807, 2.05) is 18.9 Å². The summed E-state index contributed by atoms with van der Waals surface area (Å²) in [5, 5.41) is 0. The lowest BCUT2D eigenvalue weighted by Crippen LogP contribution is -2.36. The molecule has 0 bridgehead atoms. The summed E-state index contributed by atoms with van der Waals surface area (Å²) < 4.78 is 36.6. The van der Waals surface area contributed by atoms with Crippen LogP contribution in [-0.4, -0.2) is 36.8 Å². The summed E-state index contributed by atoms with van der Waals surface area (Å²) in [6.07, 6.45) is -4.17. The number of likely N-dealkylation sites (N-methyl/N-ethyl adjacent to an activating group) is 1. The molecule has 0 radical (unpaired) electrons. The molecule has 1 saturated heterocycles. The van der Waals surface area contributed by atoms with Crippen LogP contribution in [0.25, 0.3) is 0 Å². The fourth-order valence-corrected chi connectivity index (χ4v) is 2.19. The van der Waals surface area contributed by atoms with Crippen LogP contribution < -0.4 is 5.73 Å². The number of likely N-dealkylation sites (tertiary alicyclic amines) is 1. The standard InChI is InChI=1S/C9H17F3N2/c1-6-7(4-9(10,11)12)3-8(5-13)14(6)2/h6-8H,3-5,13H2,1-2H3. The van der Waals surface area contributed by atoms with Crippen molar-refractivity contribution in [2.75, 3.05) is 13.6 Å². The zero-order chi connectivity index (χ0) is 10.9. The molecule has 0 spiro atoms. The van der Waals surface area contributed by atoms with Gasteiger partial charge in [0.05, 0.1) is 0 Å². The predicted octanol–water partition coefficient (Wildman–Crippen LogP) is 1.61. The summed E-state index contributed by atoms with van der Waals surface area (Å²) in [4.78, 5) is 1.95. The highest BCUT2D eigenvalue weighted by Crippen LogP contribution is 2.36. The van der Waals surface area contributed by atoms with Crippen LogP contribution in [0.2, 0.25) is 0 Å². The molecule has 2 nitrogen and oxygen atoms in total. The largest absolute Gasteiger partial charge is 0.389 e. The van der Waals surface area contributed by atoms with Crippen molar-refractivity contribution in [3.8, 4) is 0 Å². The fraction of sp³-hybridized carbons (Fsp3) is 1.00. The Morgan fingerprint density at radius 2 is 2.00 bits per heavy atom. The van der Waals surface area contributed by atoms with Gasteiger partial charge < -0.3 is 5.73 Å². The van der Waals surface area contributed by atoms with Crippen molar-refractivity contribution < 1.29 is 13.2 Å². The van der Waals surface area contributed by atoms with Crippen molar-refractivity contribution >= 4 is 0 Å². The maximum Gasteiger partial charge on any atom is 0.389 e. The van der Waals surface area contributed by atoms with Crippen LogP contribution in [-0.2, 0) is 0 Å². The molecule has 1 rings (SSSR count). The summed E-state index contributed by atoms with van der Waals surface area (Å²) in [6, 6.07) is 0.0857. The van der Waals surface area contributed by atoms with Gasteiger partial charge in [-0.3, -0.25) is 4.90 Å². The Bertz CT molecular complexity index is 193. The van der Waals surface area contributed by atoms with E-state index in [0.717, 1.165) is 0 Å². The average molecular weight is 210 g/mol. The third-order valence-electron chi connectivity index (χ3n) is 3.24. The lowest BCUT2D eigenvalue weighted by Gasteiger charge is -2.23. The molecular formula is C9H17F3N2. The molecule has 5 heteroatoms. The first-order valence-corrected chi connectivity index (χ1v) is 4.84. The molecule has 84 valence electrons. The van der Waals surface area contributed by atoms with Crippen LogP contribution in [0.4, 0.5) is 13.2 Å². The van der Waals surface area contributed by atoms with E-state index in [1.54, 1.807) is 0 Å². The summed E-state index contributed by atoms with van der Waals surface area (Å²) in [5.41, 5.74) is 5.49. The van der Waals surface area contributed by atoms with Gasteiger partial charge in [-0.2, -0.15) is 13.2 Å². The Labute approximate surface area is 82.2 Å². The van der Waals surface area contributed by atoms with Crippen molar-refractivity contribution in [1.29, 1.82) is 0 Å². The van der Waals surface area contributed by atoms with E-state index in [-0.39, 0.29) is 18.0 Å². The van der Waals surface area contributed by atoms with E-state index in [1.165, 1.54) is 0 Å². The number of hydrogen-bond acceptors (Lipinski definition) is 2. The molecule has 2 N–H and O–H groups in total. The van der Waals surface area contributed by atoms with Crippen molar-refractivity contribution in [2.24, 2.45) is 11.7 Å². The first-order valence-electron chi connectivity index (χ1n) is 4.84. The Balaban J connectivity index is 2.57. The summed E-state index contributed by atoms with van der Waals surface area (Å²) in [7, 11) is 1.85. The fourth-order valence-electron chi connectivity index (χ4n) is 2.19. The molecule has 14 heavy (non-hydrogen) atoms. The highest BCUT2D eigenvalue weighted by atomic mass is 19.4. The maximum absolute atomic E-state index is 12.2. The molecule has 0 saturated carbocycles. The number of nitrogens with zero attached hydrogens (tertiary/aromatic N) is 1. The van der Waals surface area contributed by atoms with E-state index in [4.69, 9.17) is 5.73 Å². The van der Waals surface area contributed by atoms with E-state index in [2.05, 4.69) is 0 Å². The number of hydrogen-bond donors (Lipinski definition) is 1. The average Bonchev–Trinajstić information content (AvgIpc) is 2.30. The van der Waals surface area contributed by atoms with E-state index >= 15 is 0 Å². The summed E-state index contributed by atoms with van der Waals surface area (Å²) >= 11 is 0. The minimum absolute atomic E-state index is 0.0230. The third-order valence-corrected chi connectivity index (χ3v) is 3.24. The SMILES string of the molecule is CC1C(CC(F)(F)F)CC(CN)N1C. The van der Waals surface area contributed by atoms with Crippen molar-refractivity contribution in [1.82, 2.24) is 4.90 Å². The second-order valence-electron chi connectivity index (χ2n) is 4.11. The number of alkyl halides is 3. The number of rotatable bonds is 2. The summed E-state index contributed by atoms with van der Waals surface area (Å²) in [6.45, 7) is 2.28. The van der Waals surface area contributed by atoms with Crippen molar-refractivity contribution in [3.63, 3.8) is 0 Å². The van der Waals surface area contributed by atoms with Crippen LogP contribution in [0.15, 0.2) is 0 Å². The monoisotopic (exact) mass is 210 g/mol. The van der Waals surface area contributed by atoms with Gasteiger partial charge in [-0.15, -0.1) is 0 Å². The Morgan fingerprint density at radius 1 is 1.43 bits per heavy atom. The quantitative estimate of drug-likeness (QED) is 0.750. The number of halogens is 3. The van der Waals surface area contributed by atoms with E-state index in [9.17, 15) is 13.2 Å². The normalized spacial score (nSPS) is 35.1. The van der Waals surface area contributed by atoms with Crippen LogP contribution in [0.1, 0.15) is 19.8 Å². The lowest BCUT2D eigenvalue weighted by molar-refractivity contribution is -0.145. The second-order valence-corrected chi connectivity index (χ2v) is 4.11. The third kappa shape index (κ3) is 2.60. The van der Waals surface area contributed by atoms with Gasteiger partial charge in [0.1, 0.15) is 0 Å². The molecule has 1 fully saturated rings. The van der Waals surface area contributed by atoms with Gasteiger partial charge in [-0.25, -0.2) is 0 Å². The zero-order valence-electron chi connectivity index (χ0n) is 8.51. The second kappa shape index (κ2) is 4.06. The Morgan fingerprint density at radius 3 is 2.36 bits per heavy atom. The van der Waals surface area contributed by atoms with Gasteiger partial charge in [-0.05, 0) is 26.3 Å². The van der Waals surface area contributed by atoms with E-state index in [0.29, 0.717) is 13.0 Å². The lowest BCUT2D eigenvalue weighted by atomic mass is 9.96. The van der Waals surface area contributed by atoms with Gasteiger partial charge in [0.2, 0.25) is 0 Å². The zero-order valence-corrected chi connectivity index (χ0v) is 8.51. The molecular weight excluding hydrogens is 193 g/mol. The van der Waals surface area contributed by atoms with Gasteiger partial charge in [0.25, 0.3) is 0 Å². The highest BCUT2D eigenvalue weighted by Gasteiger charge is 2.41. The van der Waals surface area contributed by atoms with Crippen molar-refractivity contribution in [2.45, 2.75) is 38.0 Å². The van der Waals surface area contributed by atoms with Gasteiger partial charge in [-0.1, -0.05) is 0 Å². The smallest absolute Gasteiger partial charge is 0.329 e. The molecule has 0 aromatic heterocycles. The molecule has 3 atom stereocenters. The highest BCUT2D eigenvalue weighted by molar-refractivity contribution is 4.90. The summed E-state index contributed by atoms with van der Waals surface area (Å²) in [5.74, 6) is -0.298. The number of nitrogens with two attached hydrogens (primary N) is 1. The molecule has 3 unspecified atom stereocenters. The van der Waals surface area contributed by atoms with Crippen LogP contribution in [0.5, 0.6) is 0 Å². The first-order chi connectivity index (χ1) is 6.35. The van der Waals surface area contributed by atoms with Gasteiger partial charge in [0, 0.05) is 25.0 Å².